The standard InChI is InChI=1S/C20H27N3O4.HI/c1-6-27-17-10-8-15(11-19(17)26-5)23-20(21-2)22-13-14-7-9-16(24-3)12-18(14)25-4;/h7-12H,6,13H2,1-5H3,(H2,21,22,23);1H. The fraction of sp³-hybridized carbons (Fsp3) is 0.350. The molecule has 7 nitrogen and oxygen atoms in total. The van der Waals surface area contributed by atoms with Gasteiger partial charge >= 0.3 is 0 Å². The van der Waals surface area contributed by atoms with Crippen LogP contribution in [0.5, 0.6) is 23.0 Å². The van der Waals surface area contributed by atoms with E-state index in [0.29, 0.717) is 30.6 Å². The molecule has 2 rings (SSSR count). The number of nitrogens with zero attached hydrogens (tertiary/aromatic N) is 1. The Morgan fingerprint density at radius 1 is 0.929 bits per heavy atom. The first-order valence-corrected chi connectivity index (χ1v) is 8.64. The summed E-state index contributed by atoms with van der Waals surface area (Å²) in [5.74, 6) is 3.49. The highest BCUT2D eigenvalue weighted by Crippen LogP contribution is 2.30. The Bertz CT molecular complexity index is 784. The summed E-state index contributed by atoms with van der Waals surface area (Å²) in [7, 11) is 6.60. The lowest BCUT2D eigenvalue weighted by Crippen LogP contribution is -2.30. The fourth-order valence-corrected chi connectivity index (χ4v) is 2.51. The van der Waals surface area contributed by atoms with E-state index in [1.165, 1.54) is 0 Å². The van der Waals surface area contributed by atoms with Crippen molar-refractivity contribution in [1.82, 2.24) is 5.32 Å². The van der Waals surface area contributed by atoms with Crippen LogP contribution in [0.3, 0.4) is 0 Å². The van der Waals surface area contributed by atoms with Crippen LogP contribution in [0.25, 0.3) is 0 Å². The van der Waals surface area contributed by atoms with Crippen molar-refractivity contribution in [2.24, 2.45) is 4.99 Å². The highest BCUT2D eigenvalue weighted by molar-refractivity contribution is 14.0. The minimum absolute atomic E-state index is 0. The Morgan fingerprint density at radius 2 is 1.68 bits per heavy atom. The minimum Gasteiger partial charge on any atom is -0.497 e. The highest BCUT2D eigenvalue weighted by Gasteiger charge is 2.09. The quantitative estimate of drug-likeness (QED) is 0.325. The van der Waals surface area contributed by atoms with Crippen LogP contribution < -0.4 is 29.6 Å². The van der Waals surface area contributed by atoms with E-state index in [4.69, 9.17) is 18.9 Å². The summed E-state index contributed by atoms with van der Waals surface area (Å²) in [5.41, 5.74) is 1.83. The third-order valence-corrected chi connectivity index (χ3v) is 3.89. The predicted octanol–water partition coefficient (Wildman–Crippen LogP) is 3.92. The van der Waals surface area contributed by atoms with Crippen molar-refractivity contribution in [3.05, 3.63) is 42.0 Å². The molecule has 0 aliphatic carbocycles. The molecule has 0 saturated heterocycles. The first kappa shape index (κ1) is 23.7. The Kier molecular flexibility index (Phi) is 10.3. The maximum absolute atomic E-state index is 5.54. The molecule has 0 fully saturated rings. The van der Waals surface area contributed by atoms with Gasteiger partial charge in [0, 0.05) is 37.0 Å². The molecule has 28 heavy (non-hydrogen) atoms. The molecule has 0 atom stereocenters. The van der Waals surface area contributed by atoms with Gasteiger partial charge in [-0.15, -0.1) is 24.0 Å². The van der Waals surface area contributed by atoms with E-state index in [2.05, 4.69) is 15.6 Å². The molecule has 0 spiro atoms. The predicted molar refractivity (Wildman–Crippen MR) is 123 cm³/mol. The van der Waals surface area contributed by atoms with E-state index >= 15 is 0 Å². The monoisotopic (exact) mass is 501 g/mol. The van der Waals surface area contributed by atoms with Crippen molar-refractivity contribution in [1.29, 1.82) is 0 Å². The fourth-order valence-electron chi connectivity index (χ4n) is 2.51. The molecule has 0 saturated carbocycles. The molecule has 0 radical (unpaired) electrons. The molecule has 8 heteroatoms. The summed E-state index contributed by atoms with van der Waals surface area (Å²) in [6.45, 7) is 3.06. The summed E-state index contributed by atoms with van der Waals surface area (Å²) in [4.78, 5) is 4.26. The van der Waals surface area contributed by atoms with Crippen molar-refractivity contribution in [2.45, 2.75) is 13.5 Å². The largest absolute Gasteiger partial charge is 0.497 e. The number of anilines is 1. The average Bonchev–Trinajstić information content (AvgIpc) is 2.71. The van der Waals surface area contributed by atoms with E-state index < -0.39 is 0 Å². The molecule has 0 heterocycles. The van der Waals surface area contributed by atoms with Crippen molar-refractivity contribution in [3.63, 3.8) is 0 Å². The van der Waals surface area contributed by atoms with E-state index in [-0.39, 0.29) is 24.0 Å². The summed E-state index contributed by atoms with van der Waals surface area (Å²) < 4.78 is 21.6. The number of benzene rings is 2. The van der Waals surface area contributed by atoms with Crippen LogP contribution in [0.1, 0.15) is 12.5 Å². The number of halogens is 1. The van der Waals surface area contributed by atoms with Gasteiger partial charge in [0.2, 0.25) is 0 Å². The number of hydrogen-bond acceptors (Lipinski definition) is 5. The maximum Gasteiger partial charge on any atom is 0.195 e. The van der Waals surface area contributed by atoms with Crippen LogP contribution in [0.15, 0.2) is 41.4 Å². The van der Waals surface area contributed by atoms with Crippen molar-refractivity contribution in [3.8, 4) is 23.0 Å². The molecule has 0 aliphatic heterocycles. The Hall–Kier alpha value is -2.36. The van der Waals surface area contributed by atoms with E-state index in [0.717, 1.165) is 22.7 Å². The molecule has 0 amide bonds. The molecule has 2 N–H and O–H groups in total. The molecule has 0 bridgehead atoms. The number of nitrogens with one attached hydrogen (secondary N) is 2. The van der Waals surface area contributed by atoms with Crippen LogP contribution in [0.4, 0.5) is 5.69 Å². The number of methoxy groups -OCH3 is 3. The van der Waals surface area contributed by atoms with Gasteiger partial charge in [0.05, 0.1) is 27.9 Å². The van der Waals surface area contributed by atoms with Gasteiger partial charge in [-0.1, -0.05) is 0 Å². The average molecular weight is 501 g/mol. The second kappa shape index (κ2) is 12.2. The van der Waals surface area contributed by atoms with E-state index in [1.807, 2.05) is 43.3 Å². The van der Waals surface area contributed by atoms with Crippen LogP contribution in [0.2, 0.25) is 0 Å². The van der Waals surface area contributed by atoms with Crippen molar-refractivity contribution in [2.75, 3.05) is 40.3 Å². The van der Waals surface area contributed by atoms with Crippen LogP contribution in [-0.4, -0.2) is 40.9 Å². The normalized spacial score (nSPS) is 10.5. The van der Waals surface area contributed by atoms with Gasteiger partial charge in [-0.25, -0.2) is 0 Å². The van der Waals surface area contributed by atoms with E-state index in [9.17, 15) is 0 Å². The molecule has 0 unspecified atom stereocenters. The molecule has 2 aromatic carbocycles. The van der Waals surface area contributed by atoms with Gasteiger partial charge in [-0.2, -0.15) is 0 Å². The van der Waals surface area contributed by atoms with Crippen molar-refractivity contribution >= 4 is 35.6 Å². The van der Waals surface area contributed by atoms with Crippen LogP contribution in [0, 0.1) is 0 Å². The Labute approximate surface area is 183 Å². The first-order valence-electron chi connectivity index (χ1n) is 8.64. The zero-order valence-corrected chi connectivity index (χ0v) is 19.2. The van der Waals surface area contributed by atoms with Gasteiger partial charge in [-0.3, -0.25) is 4.99 Å². The second-order valence-electron chi connectivity index (χ2n) is 5.53. The SMILES string of the molecule is CCOc1ccc(NC(=NC)NCc2ccc(OC)cc2OC)cc1OC.I. The smallest absolute Gasteiger partial charge is 0.195 e. The van der Waals surface area contributed by atoms with Crippen LogP contribution >= 0.6 is 24.0 Å². The summed E-state index contributed by atoms with van der Waals surface area (Å²) in [6.07, 6.45) is 0. The number of hydrogen-bond donors (Lipinski definition) is 2. The zero-order valence-electron chi connectivity index (χ0n) is 16.9. The molecule has 0 aromatic heterocycles. The number of aliphatic imine (C=N–C) groups is 1. The Morgan fingerprint density at radius 3 is 2.29 bits per heavy atom. The first-order chi connectivity index (χ1) is 13.1. The lowest BCUT2D eigenvalue weighted by Gasteiger charge is -2.16. The highest BCUT2D eigenvalue weighted by atomic mass is 127. The topological polar surface area (TPSA) is 73.3 Å². The maximum atomic E-state index is 5.54. The molecule has 0 aliphatic rings. The number of guanidine groups is 1. The third kappa shape index (κ3) is 6.36. The van der Waals surface area contributed by atoms with Gasteiger partial charge in [0.25, 0.3) is 0 Å². The summed E-state index contributed by atoms with van der Waals surface area (Å²) in [5, 5.41) is 6.51. The van der Waals surface area contributed by atoms with Crippen LogP contribution in [-0.2, 0) is 6.54 Å². The van der Waals surface area contributed by atoms with Gasteiger partial charge < -0.3 is 29.6 Å². The third-order valence-electron chi connectivity index (χ3n) is 3.89. The molecule has 2 aromatic rings. The van der Waals surface area contributed by atoms with E-state index in [1.54, 1.807) is 28.4 Å². The zero-order chi connectivity index (χ0) is 19.6. The van der Waals surface area contributed by atoms with Gasteiger partial charge in [0.1, 0.15) is 11.5 Å². The Balaban J connectivity index is 0.00000392. The van der Waals surface area contributed by atoms with Crippen molar-refractivity contribution < 1.29 is 18.9 Å². The lowest BCUT2D eigenvalue weighted by atomic mass is 10.2. The molecular weight excluding hydrogens is 473 g/mol. The number of ether oxygens (including phenoxy) is 4. The lowest BCUT2D eigenvalue weighted by molar-refractivity contribution is 0.311. The van der Waals surface area contributed by atoms with Gasteiger partial charge in [-0.05, 0) is 31.2 Å². The summed E-state index contributed by atoms with van der Waals surface area (Å²) in [6, 6.07) is 11.3. The number of rotatable bonds is 8. The minimum atomic E-state index is 0. The summed E-state index contributed by atoms with van der Waals surface area (Å²) >= 11 is 0. The molecular formula is C20H28IN3O4. The molecule has 154 valence electrons. The second-order valence-corrected chi connectivity index (χ2v) is 5.53. The van der Waals surface area contributed by atoms with Gasteiger partial charge in [0.15, 0.2) is 17.5 Å².